The zero-order chi connectivity index (χ0) is 18.2. The van der Waals surface area contributed by atoms with E-state index in [-0.39, 0.29) is 18.6 Å². The van der Waals surface area contributed by atoms with Crippen LogP contribution in [0.25, 0.3) is 0 Å². The zero-order valence-corrected chi connectivity index (χ0v) is 15.5. The number of carbonyl (C=O) groups is 2. The van der Waals surface area contributed by atoms with Gasteiger partial charge in [-0.2, -0.15) is 0 Å². The molecule has 5 nitrogen and oxygen atoms in total. The zero-order valence-electron chi connectivity index (χ0n) is 15.5. The van der Waals surface area contributed by atoms with Crippen molar-refractivity contribution in [3.63, 3.8) is 0 Å². The summed E-state index contributed by atoms with van der Waals surface area (Å²) in [6.45, 7) is 5.25. The van der Waals surface area contributed by atoms with Crippen molar-refractivity contribution >= 4 is 11.9 Å². The number of para-hydroxylation sites is 1. The smallest absolute Gasteiger partial charge is 0.344 e. The van der Waals surface area contributed by atoms with Crippen LogP contribution in [0.4, 0.5) is 0 Å². The molecule has 5 heteroatoms. The highest BCUT2D eigenvalue weighted by Gasteiger charge is 2.22. The molecule has 2 rings (SSSR count). The van der Waals surface area contributed by atoms with E-state index in [0.717, 1.165) is 36.8 Å². The minimum Gasteiger partial charge on any atom is -0.481 e. The van der Waals surface area contributed by atoms with Crippen LogP contribution in [0.2, 0.25) is 0 Å². The Labute approximate surface area is 150 Å². The number of hydrogen-bond donors (Lipinski definition) is 1. The van der Waals surface area contributed by atoms with E-state index in [1.807, 2.05) is 32.0 Å². The van der Waals surface area contributed by atoms with E-state index < -0.39 is 12.1 Å². The van der Waals surface area contributed by atoms with Gasteiger partial charge < -0.3 is 14.8 Å². The summed E-state index contributed by atoms with van der Waals surface area (Å²) < 4.78 is 10.8. The molecule has 0 aliphatic heterocycles. The van der Waals surface area contributed by atoms with E-state index >= 15 is 0 Å². The van der Waals surface area contributed by atoms with Crippen molar-refractivity contribution in [1.29, 1.82) is 0 Å². The van der Waals surface area contributed by atoms with Crippen LogP contribution in [0.15, 0.2) is 18.2 Å². The lowest BCUT2D eigenvalue weighted by Crippen LogP contribution is -2.42. The molecule has 1 saturated carbocycles. The number of benzene rings is 1. The van der Waals surface area contributed by atoms with Crippen molar-refractivity contribution in [1.82, 2.24) is 5.32 Å². The van der Waals surface area contributed by atoms with Crippen molar-refractivity contribution in [2.24, 2.45) is 0 Å². The van der Waals surface area contributed by atoms with E-state index in [1.165, 1.54) is 12.8 Å². The molecule has 138 valence electrons. The Morgan fingerprint density at radius 2 is 1.72 bits per heavy atom. The third-order valence-electron chi connectivity index (χ3n) is 4.62. The van der Waals surface area contributed by atoms with Crippen LogP contribution in [0, 0.1) is 13.8 Å². The Bertz CT molecular complexity index is 571. The fourth-order valence-corrected chi connectivity index (χ4v) is 3.18. The Kier molecular flexibility index (Phi) is 7.29. The van der Waals surface area contributed by atoms with Crippen molar-refractivity contribution < 1.29 is 19.1 Å². The molecule has 25 heavy (non-hydrogen) atoms. The number of esters is 1. The third kappa shape index (κ3) is 6.07. The van der Waals surface area contributed by atoms with Gasteiger partial charge in [0.15, 0.2) is 12.7 Å². The number of aryl methyl sites for hydroxylation is 2. The molecule has 1 fully saturated rings. The van der Waals surface area contributed by atoms with Gasteiger partial charge in [-0.3, -0.25) is 4.79 Å². The number of nitrogens with one attached hydrogen (secondary N) is 1. The SMILES string of the molecule is Cc1cccc(C)c1OCC(=O)O[C@H](C)C(=O)NC1CCCCCC1. The summed E-state index contributed by atoms with van der Waals surface area (Å²) >= 11 is 0. The normalized spacial score (nSPS) is 16.6. The minimum absolute atomic E-state index is 0.196. The van der Waals surface area contributed by atoms with Gasteiger partial charge in [0.2, 0.25) is 0 Å². The monoisotopic (exact) mass is 347 g/mol. The maximum atomic E-state index is 12.2. The predicted octanol–water partition coefficient (Wildman–Crippen LogP) is 3.45. The van der Waals surface area contributed by atoms with Crippen LogP contribution in [0.1, 0.15) is 56.6 Å². The molecule has 0 heterocycles. The first-order chi connectivity index (χ1) is 12.0. The predicted molar refractivity (Wildman–Crippen MR) is 96.6 cm³/mol. The van der Waals surface area contributed by atoms with Crippen molar-refractivity contribution in [2.45, 2.75) is 71.4 Å². The first-order valence-electron chi connectivity index (χ1n) is 9.16. The van der Waals surface area contributed by atoms with E-state index in [9.17, 15) is 9.59 Å². The number of rotatable bonds is 6. The molecule has 1 N–H and O–H groups in total. The van der Waals surface area contributed by atoms with Crippen LogP contribution in [-0.2, 0) is 14.3 Å². The first kappa shape index (κ1) is 19.3. The lowest BCUT2D eigenvalue weighted by molar-refractivity contribution is -0.156. The maximum Gasteiger partial charge on any atom is 0.344 e. The van der Waals surface area contributed by atoms with Crippen LogP contribution >= 0.6 is 0 Å². The third-order valence-corrected chi connectivity index (χ3v) is 4.62. The molecule has 1 atom stereocenters. The Hall–Kier alpha value is -2.04. The topological polar surface area (TPSA) is 64.6 Å². The average Bonchev–Trinajstić information content (AvgIpc) is 2.83. The van der Waals surface area contributed by atoms with E-state index in [1.54, 1.807) is 6.92 Å². The highest BCUT2D eigenvalue weighted by molar-refractivity contribution is 5.83. The fourth-order valence-electron chi connectivity index (χ4n) is 3.18. The number of carbonyl (C=O) groups excluding carboxylic acids is 2. The van der Waals surface area contributed by atoms with Crippen LogP contribution < -0.4 is 10.1 Å². The largest absolute Gasteiger partial charge is 0.481 e. The Morgan fingerprint density at radius 3 is 2.32 bits per heavy atom. The Balaban J connectivity index is 1.78. The molecule has 1 amide bonds. The minimum atomic E-state index is -0.808. The highest BCUT2D eigenvalue weighted by Crippen LogP contribution is 2.22. The highest BCUT2D eigenvalue weighted by atomic mass is 16.6. The Morgan fingerprint density at radius 1 is 1.12 bits per heavy atom. The molecule has 0 saturated heterocycles. The van der Waals surface area contributed by atoms with Gasteiger partial charge in [-0.15, -0.1) is 0 Å². The molecule has 0 aromatic heterocycles. The standard InChI is InChI=1S/C20H29NO4/c1-14-9-8-10-15(2)19(14)24-13-18(22)25-16(3)20(23)21-17-11-6-4-5-7-12-17/h8-10,16-17H,4-7,11-13H2,1-3H3,(H,21,23)/t16-/m1/s1. The summed E-state index contributed by atoms with van der Waals surface area (Å²) in [6.07, 6.45) is 5.94. The molecular formula is C20H29NO4. The van der Waals surface area contributed by atoms with Gasteiger partial charge in [0.25, 0.3) is 5.91 Å². The molecule has 1 aliphatic rings. The summed E-state index contributed by atoms with van der Waals surface area (Å²) in [5.41, 5.74) is 1.93. The van der Waals surface area contributed by atoms with E-state index in [2.05, 4.69) is 5.32 Å². The summed E-state index contributed by atoms with van der Waals surface area (Å²) in [4.78, 5) is 24.2. The molecule has 0 bridgehead atoms. The van der Waals surface area contributed by atoms with Crippen molar-refractivity contribution in [3.05, 3.63) is 29.3 Å². The molecule has 1 aromatic rings. The first-order valence-corrected chi connectivity index (χ1v) is 9.16. The number of ether oxygens (including phenoxy) is 2. The van der Waals surface area contributed by atoms with Crippen molar-refractivity contribution in [3.8, 4) is 5.75 Å². The van der Waals surface area contributed by atoms with E-state index in [0.29, 0.717) is 5.75 Å². The molecule has 0 radical (unpaired) electrons. The summed E-state index contributed by atoms with van der Waals surface area (Å²) in [5.74, 6) is -0.0755. The fraction of sp³-hybridized carbons (Fsp3) is 0.600. The summed E-state index contributed by atoms with van der Waals surface area (Å²) in [5, 5.41) is 3.00. The molecule has 1 aromatic carbocycles. The van der Waals surface area contributed by atoms with Gasteiger partial charge in [0, 0.05) is 6.04 Å². The van der Waals surface area contributed by atoms with Crippen molar-refractivity contribution in [2.75, 3.05) is 6.61 Å². The average molecular weight is 347 g/mol. The van der Waals surface area contributed by atoms with E-state index in [4.69, 9.17) is 9.47 Å². The molecule has 1 aliphatic carbocycles. The second-order valence-electron chi connectivity index (χ2n) is 6.84. The second kappa shape index (κ2) is 9.44. The van der Waals surface area contributed by atoms with Crippen LogP contribution in [0.5, 0.6) is 5.75 Å². The van der Waals surface area contributed by atoms with Gasteiger partial charge in [0.05, 0.1) is 0 Å². The van der Waals surface area contributed by atoms with Gasteiger partial charge in [0.1, 0.15) is 5.75 Å². The molecule has 0 spiro atoms. The summed E-state index contributed by atoms with van der Waals surface area (Å²) in [7, 11) is 0. The lowest BCUT2D eigenvalue weighted by Gasteiger charge is -2.20. The van der Waals surface area contributed by atoms with Crippen LogP contribution in [-0.4, -0.2) is 30.6 Å². The maximum absolute atomic E-state index is 12.2. The van der Waals surface area contributed by atoms with Gasteiger partial charge >= 0.3 is 5.97 Å². The molecule has 0 unspecified atom stereocenters. The van der Waals surface area contributed by atoms with Gasteiger partial charge in [-0.05, 0) is 44.7 Å². The van der Waals surface area contributed by atoms with Gasteiger partial charge in [-0.1, -0.05) is 43.9 Å². The number of amides is 1. The second-order valence-corrected chi connectivity index (χ2v) is 6.84. The number of hydrogen-bond acceptors (Lipinski definition) is 4. The lowest BCUT2D eigenvalue weighted by atomic mass is 10.1. The summed E-state index contributed by atoms with van der Waals surface area (Å²) in [6, 6.07) is 5.99. The molecular weight excluding hydrogens is 318 g/mol. The quantitative estimate of drug-likeness (QED) is 0.632. The van der Waals surface area contributed by atoms with Crippen LogP contribution in [0.3, 0.4) is 0 Å². The van der Waals surface area contributed by atoms with Gasteiger partial charge in [-0.25, -0.2) is 4.79 Å².